The molecular formula is C12H14FNOS. The average molecular weight is 239 g/mol. The van der Waals surface area contributed by atoms with Gasteiger partial charge in [-0.25, -0.2) is 4.39 Å². The van der Waals surface area contributed by atoms with E-state index in [4.69, 9.17) is 10.5 Å². The summed E-state index contributed by atoms with van der Waals surface area (Å²) < 4.78 is 19.2. The molecule has 0 fully saturated rings. The largest absolute Gasteiger partial charge is 0.380 e. The molecule has 0 aliphatic heterocycles. The molecule has 16 heavy (non-hydrogen) atoms. The smallest absolute Gasteiger partial charge is 0.124 e. The molecule has 0 spiro atoms. The van der Waals surface area contributed by atoms with Crippen LogP contribution in [0.15, 0.2) is 24.3 Å². The number of hydrogen-bond donors (Lipinski definition) is 1. The van der Waals surface area contributed by atoms with E-state index >= 15 is 0 Å². The molecule has 1 aromatic carbocycles. The molecule has 2 N–H and O–H groups in total. The van der Waals surface area contributed by atoms with Crippen LogP contribution in [0.5, 0.6) is 0 Å². The summed E-state index contributed by atoms with van der Waals surface area (Å²) in [5, 5.41) is 1.04. The predicted molar refractivity (Wildman–Crippen MR) is 65.2 cm³/mol. The van der Waals surface area contributed by atoms with Crippen LogP contribution in [0.3, 0.4) is 0 Å². The quantitative estimate of drug-likeness (QED) is 0.890. The first-order chi connectivity index (χ1) is 7.70. The molecule has 2 aromatic rings. The SMILES string of the molecule is CCOCC(N)c1cc2ccc(F)cc2s1. The van der Waals surface area contributed by atoms with Gasteiger partial charge in [-0.2, -0.15) is 0 Å². The Balaban J connectivity index is 2.25. The standard InChI is InChI=1S/C12H14FNOS/c1-2-15-7-10(14)12-5-8-3-4-9(13)6-11(8)16-12/h3-6,10H,2,7,14H2,1H3. The van der Waals surface area contributed by atoms with E-state index in [0.717, 1.165) is 15.0 Å². The van der Waals surface area contributed by atoms with Gasteiger partial charge in [0.2, 0.25) is 0 Å². The number of halogens is 1. The maximum atomic E-state index is 13.0. The number of benzene rings is 1. The normalized spacial score (nSPS) is 13.2. The summed E-state index contributed by atoms with van der Waals surface area (Å²) in [4.78, 5) is 1.04. The lowest BCUT2D eigenvalue weighted by Gasteiger charge is -2.08. The van der Waals surface area contributed by atoms with E-state index in [-0.39, 0.29) is 11.9 Å². The zero-order chi connectivity index (χ0) is 11.5. The molecule has 4 heteroatoms. The Bertz CT molecular complexity index is 483. The molecule has 1 aromatic heterocycles. The van der Waals surface area contributed by atoms with Crippen LogP contribution in [0.4, 0.5) is 4.39 Å². The van der Waals surface area contributed by atoms with Crippen molar-refractivity contribution in [2.45, 2.75) is 13.0 Å². The van der Waals surface area contributed by atoms with Crippen molar-refractivity contribution < 1.29 is 9.13 Å². The molecule has 0 radical (unpaired) electrons. The lowest BCUT2D eigenvalue weighted by Crippen LogP contribution is -2.15. The van der Waals surface area contributed by atoms with Gasteiger partial charge < -0.3 is 10.5 Å². The molecule has 0 saturated carbocycles. The molecule has 1 unspecified atom stereocenters. The molecule has 1 atom stereocenters. The lowest BCUT2D eigenvalue weighted by molar-refractivity contribution is 0.134. The summed E-state index contributed by atoms with van der Waals surface area (Å²) in [7, 11) is 0. The zero-order valence-electron chi connectivity index (χ0n) is 9.07. The number of rotatable bonds is 4. The summed E-state index contributed by atoms with van der Waals surface area (Å²) >= 11 is 1.52. The van der Waals surface area contributed by atoms with Crippen LogP contribution in [0.25, 0.3) is 10.1 Å². The van der Waals surface area contributed by atoms with E-state index in [0.29, 0.717) is 13.2 Å². The summed E-state index contributed by atoms with van der Waals surface area (Å²) in [6.07, 6.45) is 0. The molecular weight excluding hydrogens is 225 g/mol. The van der Waals surface area contributed by atoms with E-state index in [1.54, 1.807) is 6.07 Å². The fraction of sp³-hybridized carbons (Fsp3) is 0.333. The van der Waals surface area contributed by atoms with Gasteiger partial charge in [-0.05, 0) is 30.5 Å². The highest BCUT2D eigenvalue weighted by Crippen LogP contribution is 2.29. The first-order valence-corrected chi connectivity index (χ1v) is 6.04. The minimum absolute atomic E-state index is 0.125. The molecule has 2 nitrogen and oxygen atoms in total. The lowest BCUT2D eigenvalue weighted by atomic mass is 10.2. The predicted octanol–water partition coefficient (Wildman–Crippen LogP) is 3.08. The number of thiophene rings is 1. The van der Waals surface area contributed by atoms with Gasteiger partial charge >= 0.3 is 0 Å². The Morgan fingerprint density at radius 1 is 1.44 bits per heavy atom. The maximum Gasteiger partial charge on any atom is 0.124 e. The van der Waals surface area contributed by atoms with Gasteiger partial charge in [-0.15, -0.1) is 11.3 Å². The third kappa shape index (κ3) is 2.40. The zero-order valence-corrected chi connectivity index (χ0v) is 9.89. The van der Waals surface area contributed by atoms with Crippen molar-refractivity contribution in [1.82, 2.24) is 0 Å². The van der Waals surface area contributed by atoms with Crippen molar-refractivity contribution in [3.05, 3.63) is 35.0 Å². The Morgan fingerprint density at radius 3 is 3.00 bits per heavy atom. The highest BCUT2D eigenvalue weighted by molar-refractivity contribution is 7.19. The van der Waals surface area contributed by atoms with Gasteiger partial charge in [0.1, 0.15) is 5.82 Å². The average Bonchev–Trinajstić information content (AvgIpc) is 2.68. The third-order valence-electron chi connectivity index (χ3n) is 2.37. The second kappa shape index (κ2) is 4.91. The first-order valence-electron chi connectivity index (χ1n) is 5.23. The Hall–Kier alpha value is -0.970. The molecule has 0 aliphatic rings. The van der Waals surface area contributed by atoms with Gasteiger partial charge in [0.25, 0.3) is 0 Å². The Kier molecular flexibility index (Phi) is 3.53. The van der Waals surface area contributed by atoms with E-state index in [9.17, 15) is 4.39 Å². The van der Waals surface area contributed by atoms with Crippen LogP contribution in [-0.4, -0.2) is 13.2 Å². The van der Waals surface area contributed by atoms with Crippen LogP contribution in [0.2, 0.25) is 0 Å². The molecule has 0 aliphatic carbocycles. The van der Waals surface area contributed by atoms with Gasteiger partial charge in [-0.1, -0.05) is 6.07 Å². The van der Waals surface area contributed by atoms with E-state index in [1.807, 2.05) is 13.0 Å². The summed E-state index contributed by atoms with van der Waals surface area (Å²) in [6, 6.07) is 6.66. The first kappa shape index (κ1) is 11.5. The van der Waals surface area contributed by atoms with Crippen molar-refractivity contribution in [2.24, 2.45) is 5.73 Å². The highest BCUT2D eigenvalue weighted by Gasteiger charge is 2.10. The van der Waals surface area contributed by atoms with Crippen molar-refractivity contribution in [2.75, 3.05) is 13.2 Å². The van der Waals surface area contributed by atoms with Crippen molar-refractivity contribution in [3.8, 4) is 0 Å². The van der Waals surface area contributed by atoms with Crippen molar-refractivity contribution in [1.29, 1.82) is 0 Å². The van der Waals surface area contributed by atoms with Gasteiger partial charge in [-0.3, -0.25) is 0 Å². The number of hydrogen-bond acceptors (Lipinski definition) is 3. The molecule has 0 saturated heterocycles. The fourth-order valence-electron chi connectivity index (χ4n) is 1.54. The van der Waals surface area contributed by atoms with Crippen molar-refractivity contribution >= 4 is 21.4 Å². The van der Waals surface area contributed by atoms with Crippen LogP contribution < -0.4 is 5.73 Å². The second-order valence-electron chi connectivity index (χ2n) is 3.60. The third-order valence-corrected chi connectivity index (χ3v) is 3.60. The highest BCUT2D eigenvalue weighted by atomic mass is 32.1. The minimum Gasteiger partial charge on any atom is -0.380 e. The summed E-state index contributed by atoms with van der Waals surface area (Å²) in [5.41, 5.74) is 5.97. The second-order valence-corrected chi connectivity index (χ2v) is 4.71. The van der Waals surface area contributed by atoms with E-state index in [2.05, 4.69) is 0 Å². The van der Waals surface area contributed by atoms with Gasteiger partial charge in [0.05, 0.1) is 12.6 Å². The minimum atomic E-state index is -0.209. The summed E-state index contributed by atoms with van der Waals surface area (Å²) in [5.74, 6) is -0.209. The molecule has 2 rings (SSSR count). The number of ether oxygens (including phenoxy) is 1. The molecule has 86 valence electrons. The molecule has 0 amide bonds. The molecule has 1 heterocycles. The Labute approximate surface area is 97.8 Å². The van der Waals surface area contributed by atoms with Crippen LogP contribution in [-0.2, 0) is 4.74 Å². The topological polar surface area (TPSA) is 35.2 Å². The monoisotopic (exact) mass is 239 g/mol. The fourth-order valence-corrected chi connectivity index (χ4v) is 2.61. The van der Waals surface area contributed by atoms with Gasteiger partial charge in [0, 0.05) is 16.2 Å². The van der Waals surface area contributed by atoms with Gasteiger partial charge in [0.15, 0.2) is 0 Å². The van der Waals surface area contributed by atoms with Crippen LogP contribution >= 0.6 is 11.3 Å². The maximum absolute atomic E-state index is 13.0. The van der Waals surface area contributed by atoms with E-state index in [1.165, 1.54) is 23.5 Å². The van der Waals surface area contributed by atoms with Crippen molar-refractivity contribution in [3.63, 3.8) is 0 Å². The van der Waals surface area contributed by atoms with Crippen LogP contribution in [0.1, 0.15) is 17.8 Å². The number of nitrogens with two attached hydrogens (primary N) is 1. The van der Waals surface area contributed by atoms with E-state index < -0.39 is 0 Å². The summed E-state index contributed by atoms with van der Waals surface area (Å²) in [6.45, 7) is 3.10. The Morgan fingerprint density at radius 2 is 2.25 bits per heavy atom. The number of fused-ring (bicyclic) bond motifs is 1. The van der Waals surface area contributed by atoms with Crippen LogP contribution in [0, 0.1) is 5.82 Å². The molecule has 0 bridgehead atoms.